The molecule has 1 aliphatic heterocycles. The Balaban J connectivity index is 1.74. The molecule has 2 heterocycles. The molecule has 1 saturated heterocycles. The summed E-state index contributed by atoms with van der Waals surface area (Å²) in [7, 11) is 0. The molecule has 5 nitrogen and oxygen atoms in total. The molecule has 2 aliphatic rings. The van der Waals surface area contributed by atoms with Crippen molar-refractivity contribution in [2.75, 3.05) is 18.0 Å². The van der Waals surface area contributed by atoms with Gasteiger partial charge in [0.25, 0.3) is 0 Å². The Morgan fingerprint density at radius 1 is 1.40 bits per heavy atom. The maximum Gasteiger partial charge on any atom is 0.419 e. The number of hydrogen-bond donors (Lipinski definition) is 2. The van der Waals surface area contributed by atoms with Gasteiger partial charge in [0.15, 0.2) is 0 Å². The molecule has 0 bridgehead atoms. The SMILES string of the molecule is NC(=O)NC1C2CN(c3ncccc3C(F)(F)F)CC21. The standard InChI is InChI=1S/C12H13F3N4O/c13-12(14,15)8-2-1-3-17-10(8)19-4-6-7(5-19)9(6)18-11(16)20/h1-3,6-7,9H,4-5H2,(H3,16,18,20). The van der Waals surface area contributed by atoms with E-state index in [4.69, 9.17) is 5.73 Å². The first-order valence-electron chi connectivity index (χ1n) is 6.21. The zero-order chi connectivity index (χ0) is 14.5. The first-order chi connectivity index (χ1) is 9.38. The minimum Gasteiger partial charge on any atom is -0.355 e. The monoisotopic (exact) mass is 286 g/mol. The smallest absolute Gasteiger partial charge is 0.355 e. The van der Waals surface area contributed by atoms with Crippen LogP contribution in [0.1, 0.15) is 5.56 Å². The van der Waals surface area contributed by atoms with E-state index in [9.17, 15) is 18.0 Å². The molecule has 1 aliphatic carbocycles. The molecule has 0 aromatic carbocycles. The Morgan fingerprint density at radius 2 is 2.05 bits per heavy atom. The number of aromatic nitrogens is 1. The maximum absolute atomic E-state index is 12.9. The summed E-state index contributed by atoms with van der Waals surface area (Å²) in [5.74, 6) is 0.279. The van der Waals surface area contributed by atoms with Gasteiger partial charge in [0.2, 0.25) is 0 Å². The Labute approximate surface area is 113 Å². The number of nitrogens with one attached hydrogen (secondary N) is 1. The highest BCUT2D eigenvalue weighted by atomic mass is 19.4. The summed E-state index contributed by atoms with van der Waals surface area (Å²) in [6, 6.07) is 1.71. The van der Waals surface area contributed by atoms with Crippen LogP contribution in [0.4, 0.5) is 23.8 Å². The van der Waals surface area contributed by atoms with Crippen LogP contribution in [0, 0.1) is 11.8 Å². The number of amides is 2. The minimum absolute atomic E-state index is 0.0122. The van der Waals surface area contributed by atoms with Crippen LogP contribution < -0.4 is 16.0 Å². The number of pyridine rings is 1. The van der Waals surface area contributed by atoms with Crippen LogP contribution in [0.2, 0.25) is 0 Å². The molecule has 3 rings (SSSR count). The van der Waals surface area contributed by atoms with E-state index in [2.05, 4.69) is 10.3 Å². The van der Waals surface area contributed by atoms with Crippen LogP contribution in [0.3, 0.4) is 0 Å². The van der Waals surface area contributed by atoms with E-state index >= 15 is 0 Å². The van der Waals surface area contributed by atoms with Crippen LogP contribution in [0.5, 0.6) is 0 Å². The van der Waals surface area contributed by atoms with Crippen LogP contribution in [-0.4, -0.2) is 30.1 Å². The average Bonchev–Trinajstić information content (AvgIpc) is 2.83. The highest BCUT2D eigenvalue weighted by Crippen LogP contribution is 2.48. The third-order valence-corrected chi connectivity index (χ3v) is 3.89. The minimum atomic E-state index is -4.42. The predicted octanol–water partition coefficient (Wildman–Crippen LogP) is 1.20. The fraction of sp³-hybridized carbons (Fsp3) is 0.500. The molecule has 2 amide bonds. The van der Waals surface area contributed by atoms with Crippen LogP contribution in [0.25, 0.3) is 0 Å². The van der Waals surface area contributed by atoms with Crippen molar-refractivity contribution < 1.29 is 18.0 Å². The molecule has 2 atom stereocenters. The Kier molecular flexibility index (Phi) is 2.77. The summed E-state index contributed by atoms with van der Waals surface area (Å²) < 4.78 is 38.8. The number of rotatable bonds is 2. The maximum atomic E-state index is 12.9. The number of carbonyl (C=O) groups excluding carboxylic acids is 1. The molecule has 20 heavy (non-hydrogen) atoms. The quantitative estimate of drug-likeness (QED) is 0.858. The lowest BCUT2D eigenvalue weighted by molar-refractivity contribution is -0.137. The van der Waals surface area contributed by atoms with Gasteiger partial charge in [0, 0.05) is 37.2 Å². The Morgan fingerprint density at radius 3 is 2.60 bits per heavy atom. The molecule has 1 aromatic rings. The molecule has 0 spiro atoms. The molecule has 1 aromatic heterocycles. The number of urea groups is 1. The third-order valence-electron chi connectivity index (χ3n) is 3.89. The van der Waals surface area contributed by atoms with Gasteiger partial charge in [0.05, 0.1) is 5.56 Å². The van der Waals surface area contributed by atoms with Crippen molar-refractivity contribution in [3.8, 4) is 0 Å². The van der Waals surface area contributed by atoms with Gasteiger partial charge < -0.3 is 16.0 Å². The topological polar surface area (TPSA) is 71.2 Å². The van der Waals surface area contributed by atoms with E-state index in [0.717, 1.165) is 6.07 Å². The number of carbonyl (C=O) groups is 1. The van der Waals surface area contributed by atoms with E-state index in [1.54, 1.807) is 4.90 Å². The van der Waals surface area contributed by atoms with E-state index in [0.29, 0.717) is 13.1 Å². The number of alkyl halides is 3. The number of halogens is 3. The summed E-state index contributed by atoms with van der Waals surface area (Å²) >= 11 is 0. The molecular formula is C12H13F3N4O. The number of nitrogens with two attached hydrogens (primary N) is 1. The van der Waals surface area contributed by atoms with Crippen molar-refractivity contribution in [2.24, 2.45) is 17.6 Å². The van der Waals surface area contributed by atoms with Gasteiger partial charge in [-0.3, -0.25) is 0 Å². The summed E-state index contributed by atoms with van der Waals surface area (Å²) in [6.07, 6.45) is -3.06. The molecule has 108 valence electrons. The fourth-order valence-corrected chi connectivity index (χ4v) is 2.95. The number of nitrogens with zero attached hydrogens (tertiary/aromatic N) is 2. The van der Waals surface area contributed by atoms with Gasteiger partial charge >= 0.3 is 12.2 Å². The van der Waals surface area contributed by atoms with Crippen LogP contribution in [-0.2, 0) is 6.18 Å². The summed E-state index contributed by atoms with van der Waals surface area (Å²) in [5, 5.41) is 2.61. The molecule has 8 heteroatoms. The van der Waals surface area contributed by atoms with Crippen molar-refractivity contribution in [3.05, 3.63) is 23.9 Å². The fourth-order valence-electron chi connectivity index (χ4n) is 2.95. The number of piperidine rings is 1. The second kappa shape index (κ2) is 4.26. The van der Waals surface area contributed by atoms with Crippen molar-refractivity contribution in [3.63, 3.8) is 0 Å². The Bertz CT molecular complexity index is 536. The van der Waals surface area contributed by atoms with Crippen LogP contribution in [0.15, 0.2) is 18.3 Å². The highest BCUT2D eigenvalue weighted by Gasteiger charge is 2.57. The number of anilines is 1. The summed E-state index contributed by atoms with van der Waals surface area (Å²) in [5.41, 5.74) is 4.32. The predicted molar refractivity (Wildman–Crippen MR) is 64.9 cm³/mol. The zero-order valence-electron chi connectivity index (χ0n) is 10.4. The molecular weight excluding hydrogens is 273 g/mol. The van der Waals surface area contributed by atoms with E-state index in [1.165, 1.54) is 12.3 Å². The van der Waals surface area contributed by atoms with Gasteiger partial charge in [-0.15, -0.1) is 0 Å². The number of fused-ring (bicyclic) bond motifs is 1. The molecule has 3 N–H and O–H groups in total. The van der Waals surface area contributed by atoms with Gasteiger partial charge in [0.1, 0.15) is 5.82 Å². The summed E-state index contributed by atoms with van der Waals surface area (Å²) in [6.45, 7) is 0.908. The lowest BCUT2D eigenvalue weighted by Crippen LogP contribution is -2.38. The number of primary amides is 1. The van der Waals surface area contributed by atoms with Gasteiger partial charge in [-0.1, -0.05) is 0 Å². The van der Waals surface area contributed by atoms with Gasteiger partial charge in [-0.2, -0.15) is 13.2 Å². The molecule has 2 fully saturated rings. The average molecular weight is 286 g/mol. The largest absolute Gasteiger partial charge is 0.419 e. The van der Waals surface area contributed by atoms with Crippen molar-refractivity contribution >= 4 is 11.8 Å². The van der Waals surface area contributed by atoms with Crippen molar-refractivity contribution in [1.82, 2.24) is 10.3 Å². The first kappa shape index (κ1) is 13.0. The first-order valence-corrected chi connectivity index (χ1v) is 6.21. The normalized spacial score (nSPS) is 28.1. The number of hydrogen-bond acceptors (Lipinski definition) is 3. The van der Waals surface area contributed by atoms with Gasteiger partial charge in [-0.05, 0) is 12.1 Å². The molecule has 0 radical (unpaired) electrons. The summed E-state index contributed by atoms with van der Waals surface area (Å²) in [4.78, 5) is 16.2. The lowest BCUT2D eigenvalue weighted by atomic mass is 10.2. The van der Waals surface area contributed by atoms with E-state index < -0.39 is 17.8 Å². The van der Waals surface area contributed by atoms with E-state index in [1.807, 2.05) is 0 Å². The zero-order valence-corrected chi connectivity index (χ0v) is 10.4. The molecule has 1 saturated carbocycles. The second-order valence-corrected chi connectivity index (χ2v) is 5.14. The van der Waals surface area contributed by atoms with Crippen molar-refractivity contribution in [1.29, 1.82) is 0 Å². The highest BCUT2D eigenvalue weighted by molar-refractivity contribution is 5.72. The molecule has 2 unspecified atom stereocenters. The van der Waals surface area contributed by atoms with E-state index in [-0.39, 0.29) is 23.7 Å². The van der Waals surface area contributed by atoms with Gasteiger partial charge in [-0.25, -0.2) is 9.78 Å². The van der Waals surface area contributed by atoms with Crippen LogP contribution >= 0.6 is 0 Å². The Hall–Kier alpha value is -1.99. The van der Waals surface area contributed by atoms with Crippen molar-refractivity contribution in [2.45, 2.75) is 12.2 Å². The second-order valence-electron chi connectivity index (χ2n) is 5.14. The lowest BCUT2D eigenvalue weighted by Gasteiger charge is -2.24. The third kappa shape index (κ3) is 2.14.